The van der Waals surface area contributed by atoms with Gasteiger partial charge in [0.1, 0.15) is 6.79 Å². The molecule has 0 aromatic rings. The molecule has 0 aliphatic carbocycles. The summed E-state index contributed by atoms with van der Waals surface area (Å²) in [4.78, 5) is 0. The van der Waals surface area contributed by atoms with Gasteiger partial charge in [0.25, 0.3) is 0 Å². The molecular weight excluding hydrogens is 198 g/mol. The monoisotopic (exact) mass is 219 g/mol. The van der Waals surface area contributed by atoms with Crippen LogP contribution in [0.2, 0.25) is 0 Å². The van der Waals surface area contributed by atoms with Crippen LogP contribution in [-0.4, -0.2) is 44.1 Å². The summed E-state index contributed by atoms with van der Waals surface area (Å²) in [7, 11) is 0. The highest BCUT2D eigenvalue weighted by Crippen LogP contribution is 2.06. The van der Waals surface area contributed by atoms with Gasteiger partial charge in [-0.1, -0.05) is 0 Å². The Balaban J connectivity index is 2.00. The normalized spacial score (nSPS) is 24.9. The van der Waals surface area contributed by atoms with E-state index in [1.54, 1.807) is 0 Å². The average Bonchev–Trinajstić information content (AvgIpc) is 2.25. The van der Waals surface area contributed by atoms with Gasteiger partial charge < -0.3 is 14.8 Å². The van der Waals surface area contributed by atoms with Crippen molar-refractivity contribution in [3.8, 4) is 0 Å². The summed E-state index contributed by atoms with van der Waals surface area (Å²) in [5.41, 5.74) is 0. The summed E-state index contributed by atoms with van der Waals surface area (Å²) in [6.45, 7) is 4.49. The minimum Gasteiger partial charge on any atom is -0.355 e. The first-order chi connectivity index (χ1) is 6.83. The van der Waals surface area contributed by atoms with Crippen LogP contribution in [-0.2, 0) is 9.47 Å². The third-order valence-electron chi connectivity index (χ3n) is 2.42. The zero-order valence-corrected chi connectivity index (χ0v) is 9.94. The largest absolute Gasteiger partial charge is 0.355 e. The van der Waals surface area contributed by atoms with Crippen LogP contribution >= 0.6 is 11.8 Å². The lowest BCUT2D eigenvalue weighted by molar-refractivity contribution is -0.137. The van der Waals surface area contributed by atoms with Gasteiger partial charge in [-0.2, -0.15) is 11.8 Å². The third-order valence-corrected chi connectivity index (χ3v) is 3.06. The quantitative estimate of drug-likeness (QED) is 0.733. The van der Waals surface area contributed by atoms with Crippen LogP contribution in [0.1, 0.15) is 19.8 Å². The molecule has 1 aliphatic heterocycles. The fraction of sp³-hybridized carbons (Fsp3) is 1.00. The van der Waals surface area contributed by atoms with Crippen molar-refractivity contribution in [3.05, 3.63) is 0 Å². The summed E-state index contributed by atoms with van der Waals surface area (Å²) >= 11 is 1.90. The molecule has 1 rings (SSSR count). The first-order valence-electron chi connectivity index (χ1n) is 5.24. The number of hydrogen-bond acceptors (Lipinski definition) is 4. The molecule has 1 fully saturated rings. The fourth-order valence-electron chi connectivity index (χ4n) is 1.39. The van der Waals surface area contributed by atoms with Crippen molar-refractivity contribution in [1.82, 2.24) is 5.32 Å². The Hall–Kier alpha value is 0.230. The van der Waals surface area contributed by atoms with Gasteiger partial charge in [0.2, 0.25) is 0 Å². The van der Waals surface area contributed by atoms with Crippen molar-refractivity contribution in [2.24, 2.45) is 0 Å². The number of rotatable bonds is 6. The maximum atomic E-state index is 5.44. The molecule has 0 aromatic heterocycles. The Morgan fingerprint density at radius 2 is 2.43 bits per heavy atom. The van der Waals surface area contributed by atoms with Crippen LogP contribution in [0.25, 0.3) is 0 Å². The number of hydrogen-bond donors (Lipinski definition) is 1. The van der Waals surface area contributed by atoms with Crippen molar-refractivity contribution in [2.45, 2.75) is 31.9 Å². The summed E-state index contributed by atoms with van der Waals surface area (Å²) in [5.74, 6) is 1.23. The van der Waals surface area contributed by atoms with E-state index in [1.807, 2.05) is 11.8 Å². The molecule has 84 valence electrons. The Morgan fingerprint density at radius 3 is 3.07 bits per heavy atom. The van der Waals surface area contributed by atoms with Crippen molar-refractivity contribution < 1.29 is 9.47 Å². The number of nitrogens with one attached hydrogen (secondary N) is 1. The molecule has 1 heterocycles. The van der Waals surface area contributed by atoms with Gasteiger partial charge in [0.15, 0.2) is 0 Å². The van der Waals surface area contributed by atoms with Gasteiger partial charge >= 0.3 is 0 Å². The van der Waals surface area contributed by atoms with Crippen molar-refractivity contribution in [3.63, 3.8) is 0 Å². The topological polar surface area (TPSA) is 30.5 Å². The number of ether oxygens (including phenoxy) is 2. The number of thioether (sulfide) groups is 1. The smallest absolute Gasteiger partial charge is 0.147 e. The van der Waals surface area contributed by atoms with Crippen LogP contribution in [0.3, 0.4) is 0 Å². The second-order valence-electron chi connectivity index (χ2n) is 3.69. The van der Waals surface area contributed by atoms with E-state index in [0.717, 1.165) is 19.6 Å². The van der Waals surface area contributed by atoms with Gasteiger partial charge in [-0.05, 0) is 31.8 Å². The molecule has 0 aromatic carbocycles. The first kappa shape index (κ1) is 12.3. The molecule has 2 unspecified atom stereocenters. The van der Waals surface area contributed by atoms with E-state index in [4.69, 9.17) is 9.47 Å². The Kier molecular flexibility index (Phi) is 6.60. The predicted molar refractivity (Wildman–Crippen MR) is 60.8 cm³/mol. The van der Waals surface area contributed by atoms with Crippen molar-refractivity contribution >= 4 is 11.8 Å². The maximum Gasteiger partial charge on any atom is 0.147 e. The zero-order chi connectivity index (χ0) is 10.2. The second-order valence-corrected chi connectivity index (χ2v) is 4.68. The van der Waals surface area contributed by atoms with E-state index in [9.17, 15) is 0 Å². The van der Waals surface area contributed by atoms with Crippen LogP contribution in [0.15, 0.2) is 0 Å². The van der Waals surface area contributed by atoms with Gasteiger partial charge in [-0.3, -0.25) is 0 Å². The summed E-state index contributed by atoms with van der Waals surface area (Å²) in [5, 5.41) is 3.49. The highest BCUT2D eigenvalue weighted by molar-refractivity contribution is 7.98. The standard InChI is InChI=1S/C10H21NO2S/c1-9(4-6-14-2)11-7-10-3-5-12-8-13-10/h9-11H,3-8H2,1-2H3. The van der Waals surface area contributed by atoms with Gasteiger partial charge in [0, 0.05) is 12.6 Å². The molecule has 1 saturated heterocycles. The molecule has 0 amide bonds. The van der Waals surface area contributed by atoms with E-state index in [1.165, 1.54) is 12.2 Å². The Bertz CT molecular complexity index is 140. The van der Waals surface area contributed by atoms with E-state index < -0.39 is 0 Å². The second kappa shape index (κ2) is 7.51. The van der Waals surface area contributed by atoms with E-state index in [2.05, 4.69) is 18.5 Å². The Morgan fingerprint density at radius 1 is 1.57 bits per heavy atom. The molecule has 1 aliphatic rings. The highest BCUT2D eigenvalue weighted by atomic mass is 32.2. The molecule has 0 radical (unpaired) electrons. The minimum atomic E-state index is 0.348. The molecule has 0 saturated carbocycles. The molecule has 14 heavy (non-hydrogen) atoms. The molecule has 2 atom stereocenters. The van der Waals surface area contributed by atoms with E-state index in [-0.39, 0.29) is 0 Å². The molecule has 0 bridgehead atoms. The predicted octanol–water partition coefficient (Wildman–Crippen LogP) is 1.48. The summed E-state index contributed by atoms with van der Waals surface area (Å²) < 4.78 is 10.6. The van der Waals surface area contributed by atoms with Crippen LogP contribution < -0.4 is 5.32 Å². The molecule has 1 N–H and O–H groups in total. The Labute approximate surface area is 90.9 Å². The SMILES string of the molecule is CSCCC(C)NCC1CCOCO1. The van der Waals surface area contributed by atoms with Crippen molar-refractivity contribution in [2.75, 3.05) is 32.0 Å². The summed E-state index contributed by atoms with van der Waals surface area (Å²) in [6.07, 6.45) is 4.74. The van der Waals surface area contributed by atoms with Gasteiger partial charge in [0.05, 0.1) is 12.7 Å². The molecular formula is C10H21NO2S. The van der Waals surface area contributed by atoms with E-state index in [0.29, 0.717) is 18.9 Å². The minimum absolute atomic E-state index is 0.348. The molecule has 0 spiro atoms. The van der Waals surface area contributed by atoms with Gasteiger partial charge in [-0.15, -0.1) is 0 Å². The molecule has 3 nitrogen and oxygen atoms in total. The maximum absolute atomic E-state index is 5.44. The fourth-order valence-corrected chi connectivity index (χ4v) is 1.98. The zero-order valence-electron chi connectivity index (χ0n) is 9.12. The lowest BCUT2D eigenvalue weighted by Gasteiger charge is -2.24. The lowest BCUT2D eigenvalue weighted by atomic mass is 10.2. The van der Waals surface area contributed by atoms with Crippen molar-refractivity contribution in [1.29, 1.82) is 0 Å². The van der Waals surface area contributed by atoms with Crippen LogP contribution in [0.5, 0.6) is 0 Å². The van der Waals surface area contributed by atoms with Crippen LogP contribution in [0, 0.1) is 0 Å². The highest BCUT2D eigenvalue weighted by Gasteiger charge is 2.14. The first-order valence-corrected chi connectivity index (χ1v) is 6.64. The van der Waals surface area contributed by atoms with Crippen LogP contribution in [0.4, 0.5) is 0 Å². The third kappa shape index (κ3) is 5.20. The molecule has 4 heteroatoms. The van der Waals surface area contributed by atoms with E-state index >= 15 is 0 Å². The average molecular weight is 219 g/mol. The lowest BCUT2D eigenvalue weighted by Crippen LogP contribution is -2.38. The summed E-state index contributed by atoms with van der Waals surface area (Å²) in [6, 6.07) is 0.592. The van der Waals surface area contributed by atoms with Gasteiger partial charge in [-0.25, -0.2) is 0 Å².